The Kier molecular flexibility index (Phi) is 6.49. The Hall–Kier alpha value is -4.71. The van der Waals surface area contributed by atoms with E-state index in [1.54, 1.807) is 20.8 Å². The van der Waals surface area contributed by atoms with Gasteiger partial charge in [-0.15, -0.1) is 0 Å². The molecule has 0 N–H and O–H groups in total. The van der Waals surface area contributed by atoms with Gasteiger partial charge in [0.1, 0.15) is 12.2 Å². The predicted octanol–water partition coefficient (Wildman–Crippen LogP) is 6.32. The summed E-state index contributed by atoms with van der Waals surface area (Å²) in [5.41, 5.74) is 3.71. The minimum absolute atomic E-state index is 0.0599. The molecule has 1 radical (unpaired) electrons. The maximum absolute atomic E-state index is 14.3. The van der Waals surface area contributed by atoms with Crippen molar-refractivity contribution in [2.45, 2.75) is 43.8 Å². The average molecular weight is 546 g/mol. The minimum Gasteiger partial charge on any atom is -0.461 e. The lowest BCUT2D eigenvalue weighted by Crippen LogP contribution is -2.56. The maximum Gasteiger partial charge on any atom is 0.419 e. The van der Waals surface area contributed by atoms with Crippen LogP contribution in [0.3, 0.4) is 0 Å². The normalized spacial score (nSPS) is 15.1. The van der Waals surface area contributed by atoms with Crippen molar-refractivity contribution < 1.29 is 28.6 Å². The van der Waals surface area contributed by atoms with Crippen LogP contribution in [0, 0.1) is 0 Å². The van der Waals surface area contributed by atoms with E-state index in [4.69, 9.17) is 14.2 Å². The Morgan fingerprint density at radius 2 is 1.07 bits per heavy atom. The van der Waals surface area contributed by atoms with E-state index in [2.05, 4.69) is 0 Å². The molecule has 6 heteroatoms. The number of benzene rings is 4. The number of esters is 2. The summed E-state index contributed by atoms with van der Waals surface area (Å²) < 4.78 is 17.2. The number of fused-ring (bicyclic) bond motifs is 6. The molecular formula is C35H29O6. The van der Waals surface area contributed by atoms with Crippen molar-refractivity contribution in [2.24, 2.45) is 0 Å². The maximum atomic E-state index is 14.3. The van der Waals surface area contributed by atoms with Crippen molar-refractivity contribution in [3.05, 3.63) is 119 Å². The molecule has 4 aromatic rings. The van der Waals surface area contributed by atoms with E-state index in [-0.39, 0.29) is 12.5 Å². The van der Waals surface area contributed by atoms with Crippen molar-refractivity contribution >= 4 is 18.4 Å². The lowest BCUT2D eigenvalue weighted by Gasteiger charge is -2.35. The number of hydrogen-bond acceptors (Lipinski definition) is 6. The van der Waals surface area contributed by atoms with Crippen molar-refractivity contribution in [3.8, 4) is 22.3 Å². The molecule has 0 bridgehead atoms. The lowest BCUT2D eigenvalue weighted by molar-refractivity contribution is -0.190. The van der Waals surface area contributed by atoms with Crippen molar-refractivity contribution in [3.63, 3.8) is 0 Å². The van der Waals surface area contributed by atoms with Gasteiger partial charge in [-0.2, -0.15) is 0 Å². The predicted molar refractivity (Wildman–Crippen MR) is 154 cm³/mol. The fourth-order valence-corrected chi connectivity index (χ4v) is 6.18. The summed E-state index contributed by atoms with van der Waals surface area (Å²) >= 11 is 0. The highest BCUT2D eigenvalue weighted by molar-refractivity contribution is 6.08. The Bertz CT molecular complexity index is 1570. The van der Waals surface area contributed by atoms with Crippen molar-refractivity contribution in [1.82, 2.24) is 0 Å². The summed E-state index contributed by atoms with van der Waals surface area (Å²) in [6, 6.07) is 30.8. The second kappa shape index (κ2) is 10.0. The van der Waals surface area contributed by atoms with Crippen LogP contribution in [-0.2, 0) is 28.6 Å². The van der Waals surface area contributed by atoms with E-state index in [0.29, 0.717) is 11.1 Å². The van der Waals surface area contributed by atoms with E-state index >= 15 is 0 Å². The minimum atomic E-state index is -2.46. The summed E-state index contributed by atoms with van der Waals surface area (Å²) in [5.74, 6) is -3.27. The molecule has 0 saturated carbocycles. The first-order valence-electron chi connectivity index (χ1n) is 13.6. The van der Waals surface area contributed by atoms with Gasteiger partial charge in [-0.1, -0.05) is 97.1 Å². The molecule has 205 valence electrons. The highest BCUT2D eigenvalue weighted by Crippen LogP contribution is 2.52. The zero-order chi connectivity index (χ0) is 28.8. The Balaban J connectivity index is 1.45. The van der Waals surface area contributed by atoms with Gasteiger partial charge >= 0.3 is 24.0 Å². The van der Waals surface area contributed by atoms with Gasteiger partial charge in [0.25, 0.3) is 0 Å². The van der Waals surface area contributed by atoms with Gasteiger partial charge in [-0.05, 0) is 65.3 Å². The highest BCUT2D eigenvalue weighted by atomic mass is 16.6. The number of carbonyl (C=O) groups is 2. The molecule has 4 aromatic carbocycles. The molecule has 0 amide bonds. The van der Waals surface area contributed by atoms with Crippen LogP contribution in [0.4, 0.5) is 0 Å². The molecule has 0 spiro atoms. The first-order chi connectivity index (χ1) is 19.8. The van der Waals surface area contributed by atoms with Crippen LogP contribution in [0.15, 0.2) is 97.1 Å². The summed E-state index contributed by atoms with van der Waals surface area (Å²) in [5, 5.41) is 0. The fraction of sp³-hybridized carbons (Fsp3) is 0.229. The van der Waals surface area contributed by atoms with Crippen LogP contribution in [-0.4, -0.2) is 36.2 Å². The molecule has 2 aliphatic rings. The summed E-state index contributed by atoms with van der Waals surface area (Å²) in [6.07, 6.45) is 0. The molecule has 0 aliphatic heterocycles. The standard InChI is InChI=1S/C35H29O6/c1-34(2,3)41-33(38)35(40-21-36,31-28-18-10-8-14-24(28)25-15-9-11-19-29(25)31)32(37)39-20-30-26-16-6-4-12-22(26)23-13-5-7-17-27(23)30/h4-19,30-31H,20H2,1-3H3. The number of carbonyl (C=O) groups excluding carboxylic acids is 3. The molecule has 0 saturated heterocycles. The first kappa shape index (κ1) is 26.5. The van der Waals surface area contributed by atoms with Crippen LogP contribution in [0.25, 0.3) is 22.3 Å². The van der Waals surface area contributed by atoms with Crippen LogP contribution < -0.4 is 0 Å². The second-order valence-electron chi connectivity index (χ2n) is 11.4. The SMILES string of the molecule is CC(C)(C)OC(=O)C(O[C]=O)(C(=O)OCC1c2ccccc2-c2ccccc21)C1c2ccccc2-c2ccccc21. The molecule has 41 heavy (non-hydrogen) atoms. The molecule has 0 fully saturated rings. The molecule has 6 rings (SSSR count). The third kappa shape index (κ3) is 4.31. The zero-order valence-corrected chi connectivity index (χ0v) is 23.0. The first-order valence-corrected chi connectivity index (χ1v) is 13.6. The van der Waals surface area contributed by atoms with E-state index in [0.717, 1.165) is 33.4 Å². The Morgan fingerprint density at radius 3 is 1.51 bits per heavy atom. The monoisotopic (exact) mass is 545 g/mol. The van der Waals surface area contributed by atoms with E-state index in [9.17, 15) is 14.4 Å². The lowest BCUT2D eigenvalue weighted by atomic mass is 9.79. The highest BCUT2D eigenvalue weighted by Gasteiger charge is 2.62. The van der Waals surface area contributed by atoms with E-state index in [1.807, 2.05) is 97.1 Å². The molecule has 2 aliphatic carbocycles. The average Bonchev–Trinajstić information content (AvgIpc) is 3.47. The zero-order valence-electron chi connectivity index (χ0n) is 23.0. The van der Waals surface area contributed by atoms with E-state index in [1.165, 1.54) is 6.47 Å². The molecule has 1 atom stereocenters. The van der Waals surface area contributed by atoms with Crippen molar-refractivity contribution in [1.29, 1.82) is 0 Å². The van der Waals surface area contributed by atoms with Gasteiger partial charge in [-0.25, -0.2) is 14.4 Å². The van der Waals surface area contributed by atoms with Crippen LogP contribution in [0.2, 0.25) is 0 Å². The van der Waals surface area contributed by atoms with Gasteiger partial charge in [0, 0.05) is 5.92 Å². The van der Waals surface area contributed by atoms with Crippen LogP contribution in [0.1, 0.15) is 54.9 Å². The second-order valence-corrected chi connectivity index (χ2v) is 11.4. The molecule has 0 aromatic heterocycles. The summed E-state index contributed by atoms with van der Waals surface area (Å²) in [6.45, 7) is 6.41. The van der Waals surface area contributed by atoms with Gasteiger partial charge < -0.3 is 14.2 Å². The molecule has 1 unspecified atom stereocenters. The van der Waals surface area contributed by atoms with Crippen molar-refractivity contribution in [2.75, 3.05) is 6.61 Å². The third-order valence-electron chi connectivity index (χ3n) is 7.79. The topological polar surface area (TPSA) is 78.9 Å². The Labute approximate surface area is 238 Å². The number of rotatable bonds is 7. The fourth-order valence-electron chi connectivity index (χ4n) is 6.18. The summed E-state index contributed by atoms with van der Waals surface area (Å²) in [4.78, 5) is 40.4. The van der Waals surface area contributed by atoms with Gasteiger partial charge in [0.15, 0.2) is 0 Å². The summed E-state index contributed by atoms with van der Waals surface area (Å²) in [7, 11) is 0. The largest absolute Gasteiger partial charge is 0.461 e. The molecular weight excluding hydrogens is 516 g/mol. The van der Waals surface area contributed by atoms with E-state index < -0.39 is 29.1 Å². The quantitative estimate of drug-likeness (QED) is 0.154. The van der Waals surface area contributed by atoms with Gasteiger partial charge in [0.2, 0.25) is 0 Å². The molecule has 0 heterocycles. The van der Waals surface area contributed by atoms with Gasteiger partial charge in [0.05, 0.1) is 5.92 Å². The molecule has 6 nitrogen and oxygen atoms in total. The van der Waals surface area contributed by atoms with Gasteiger partial charge in [-0.3, -0.25) is 0 Å². The van der Waals surface area contributed by atoms with Crippen LogP contribution >= 0.6 is 0 Å². The third-order valence-corrected chi connectivity index (χ3v) is 7.79. The number of hydrogen-bond donors (Lipinski definition) is 0. The smallest absolute Gasteiger partial charge is 0.419 e. The Morgan fingerprint density at radius 1 is 0.659 bits per heavy atom. The van der Waals surface area contributed by atoms with Crippen LogP contribution in [0.5, 0.6) is 0 Å². The number of ether oxygens (including phenoxy) is 3.